The third-order valence-corrected chi connectivity index (χ3v) is 2.57. The summed E-state index contributed by atoms with van der Waals surface area (Å²) in [6.07, 6.45) is 7.13. The molecule has 0 aromatic carbocycles. The second-order valence-electron chi connectivity index (χ2n) is 3.42. The molecule has 1 aliphatic carbocycles. The summed E-state index contributed by atoms with van der Waals surface area (Å²) in [5, 5.41) is 0. The highest BCUT2D eigenvalue weighted by molar-refractivity contribution is 5.47. The average Bonchev–Trinajstić information content (AvgIpc) is 2.15. The molecule has 0 unspecified atom stereocenters. The van der Waals surface area contributed by atoms with Crippen LogP contribution < -0.4 is 5.73 Å². The van der Waals surface area contributed by atoms with Crippen molar-refractivity contribution in [3.05, 3.63) is 0 Å². The monoisotopic (exact) mass is 170 g/mol. The Balaban J connectivity index is 2.34. The van der Waals surface area contributed by atoms with Crippen molar-refractivity contribution in [2.45, 2.75) is 38.1 Å². The molecule has 70 valence electrons. The Labute approximate surface area is 73.9 Å². The lowest BCUT2D eigenvalue weighted by molar-refractivity contribution is -0.120. The Morgan fingerprint density at radius 2 is 2.00 bits per heavy atom. The van der Waals surface area contributed by atoms with Gasteiger partial charge in [-0.3, -0.25) is 4.79 Å². The van der Waals surface area contributed by atoms with Gasteiger partial charge in [0, 0.05) is 19.1 Å². The predicted molar refractivity (Wildman–Crippen MR) is 48.7 cm³/mol. The van der Waals surface area contributed by atoms with Crippen LogP contribution in [0.3, 0.4) is 0 Å². The molecular formula is C9H18N2O. The Bertz CT molecular complexity index is 132. The second-order valence-corrected chi connectivity index (χ2v) is 3.42. The van der Waals surface area contributed by atoms with E-state index >= 15 is 0 Å². The van der Waals surface area contributed by atoms with Gasteiger partial charge in [0.25, 0.3) is 0 Å². The first-order valence-electron chi connectivity index (χ1n) is 4.79. The molecule has 2 N–H and O–H groups in total. The van der Waals surface area contributed by atoms with E-state index in [1.807, 2.05) is 4.90 Å². The molecule has 0 bridgehead atoms. The highest BCUT2D eigenvalue weighted by atomic mass is 16.1. The van der Waals surface area contributed by atoms with Crippen LogP contribution in [0.25, 0.3) is 0 Å². The smallest absolute Gasteiger partial charge is 0.209 e. The summed E-state index contributed by atoms with van der Waals surface area (Å²) >= 11 is 0. The number of nitrogens with zero attached hydrogens (tertiary/aromatic N) is 1. The van der Waals surface area contributed by atoms with E-state index in [9.17, 15) is 4.79 Å². The minimum atomic E-state index is 0.472. The maximum absolute atomic E-state index is 10.7. The molecule has 0 radical (unpaired) electrons. The molecule has 0 atom stereocenters. The highest BCUT2D eigenvalue weighted by Crippen LogP contribution is 2.21. The molecule has 3 heteroatoms. The molecule has 1 amide bonds. The van der Waals surface area contributed by atoms with E-state index in [1.54, 1.807) is 0 Å². The van der Waals surface area contributed by atoms with Crippen molar-refractivity contribution >= 4 is 6.41 Å². The van der Waals surface area contributed by atoms with Crippen molar-refractivity contribution in [1.82, 2.24) is 4.90 Å². The predicted octanol–water partition coefficient (Wildman–Crippen LogP) is 0.736. The number of carbonyl (C=O) groups excluding carboxylic acids is 1. The van der Waals surface area contributed by atoms with Crippen LogP contribution in [-0.2, 0) is 4.79 Å². The zero-order valence-corrected chi connectivity index (χ0v) is 7.54. The van der Waals surface area contributed by atoms with Crippen molar-refractivity contribution in [3.63, 3.8) is 0 Å². The van der Waals surface area contributed by atoms with Crippen LogP contribution >= 0.6 is 0 Å². The summed E-state index contributed by atoms with van der Waals surface area (Å²) in [5.41, 5.74) is 5.41. The molecule has 1 rings (SSSR count). The van der Waals surface area contributed by atoms with Gasteiger partial charge in [-0.25, -0.2) is 0 Å². The third-order valence-electron chi connectivity index (χ3n) is 2.57. The first-order chi connectivity index (χ1) is 5.88. The van der Waals surface area contributed by atoms with E-state index in [0.29, 0.717) is 19.1 Å². The molecule has 0 heterocycles. The third kappa shape index (κ3) is 2.48. The molecule has 0 aromatic heterocycles. The number of carbonyl (C=O) groups is 1. The quantitative estimate of drug-likeness (QED) is 0.632. The average molecular weight is 170 g/mol. The molecule has 0 aliphatic heterocycles. The first kappa shape index (κ1) is 9.52. The summed E-state index contributed by atoms with van der Waals surface area (Å²) in [6, 6.07) is 0.472. The van der Waals surface area contributed by atoms with Crippen LogP contribution in [0.15, 0.2) is 0 Å². The topological polar surface area (TPSA) is 46.3 Å². The molecule has 3 nitrogen and oxygen atoms in total. The Kier molecular flexibility index (Phi) is 4.08. The van der Waals surface area contributed by atoms with Crippen LogP contribution in [0.2, 0.25) is 0 Å². The van der Waals surface area contributed by atoms with Gasteiger partial charge in [-0.1, -0.05) is 19.3 Å². The zero-order chi connectivity index (χ0) is 8.81. The molecule has 12 heavy (non-hydrogen) atoms. The number of hydrogen-bond donors (Lipinski definition) is 1. The minimum Gasteiger partial charge on any atom is -0.341 e. The van der Waals surface area contributed by atoms with E-state index in [2.05, 4.69) is 0 Å². The van der Waals surface area contributed by atoms with Gasteiger partial charge in [-0.2, -0.15) is 0 Å². The van der Waals surface area contributed by atoms with E-state index in [-0.39, 0.29) is 0 Å². The lowest BCUT2D eigenvalue weighted by Crippen LogP contribution is -2.38. The maximum atomic E-state index is 10.7. The SMILES string of the molecule is NCCN(C=O)C1CCCCC1. The van der Waals surface area contributed by atoms with E-state index in [1.165, 1.54) is 32.1 Å². The molecule has 1 fully saturated rings. The highest BCUT2D eigenvalue weighted by Gasteiger charge is 2.18. The largest absolute Gasteiger partial charge is 0.341 e. The number of amides is 1. The fourth-order valence-corrected chi connectivity index (χ4v) is 1.88. The molecule has 1 aliphatic rings. The number of hydrogen-bond acceptors (Lipinski definition) is 2. The lowest BCUT2D eigenvalue weighted by atomic mass is 9.94. The molecule has 0 saturated heterocycles. The van der Waals surface area contributed by atoms with Gasteiger partial charge >= 0.3 is 0 Å². The summed E-state index contributed by atoms with van der Waals surface area (Å²) in [4.78, 5) is 12.5. The fraction of sp³-hybridized carbons (Fsp3) is 0.889. The van der Waals surface area contributed by atoms with E-state index < -0.39 is 0 Å². The van der Waals surface area contributed by atoms with Crippen molar-refractivity contribution in [2.75, 3.05) is 13.1 Å². The van der Waals surface area contributed by atoms with Crippen molar-refractivity contribution in [3.8, 4) is 0 Å². The summed E-state index contributed by atoms with van der Waals surface area (Å²) in [5.74, 6) is 0. The van der Waals surface area contributed by atoms with Crippen molar-refractivity contribution in [2.24, 2.45) is 5.73 Å². The van der Waals surface area contributed by atoms with Gasteiger partial charge in [-0.05, 0) is 12.8 Å². The summed E-state index contributed by atoms with van der Waals surface area (Å²) in [7, 11) is 0. The van der Waals surface area contributed by atoms with E-state index in [4.69, 9.17) is 5.73 Å². The Morgan fingerprint density at radius 3 is 2.50 bits per heavy atom. The summed E-state index contributed by atoms with van der Waals surface area (Å²) in [6.45, 7) is 1.30. The minimum absolute atomic E-state index is 0.472. The van der Waals surface area contributed by atoms with E-state index in [0.717, 1.165) is 6.41 Å². The first-order valence-corrected chi connectivity index (χ1v) is 4.79. The fourth-order valence-electron chi connectivity index (χ4n) is 1.88. The van der Waals surface area contributed by atoms with Crippen LogP contribution in [0.4, 0.5) is 0 Å². The summed E-state index contributed by atoms with van der Waals surface area (Å²) < 4.78 is 0. The normalized spacial score (nSPS) is 19.1. The molecule has 0 aromatic rings. The standard InChI is InChI=1S/C9H18N2O/c10-6-7-11(8-12)9-4-2-1-3-5-9/h8-9H,1-7,10H2. The van der Waals surface area contributed by atoms with Crippen LogP contribution in [0.5, 0.6) is 0 Å². The van der Waals surface area contributed by atoms with Crippen LogP contribution in [0, 0.1) is 0 Å². The van der Waals surface area contributed by atoms with Gasteiger partial charge in [0.05, 0.1) is 0 Å². The molecule has 0 spiro atoms. The molecular weight excluding hydrogens is 152 g/mol. The van der Waals surface area contributed by atoms with Crippen LogP contribution in [-0.4, -0.2) is 30.4 Å². The number of rotatable bonds is 4. The molecule has 1 saturated carbocycles. The van der Waals surface area contributed by atoms with Gasteiger partial charge < -0.3 is 10.6 Å². The Morgan fingerprint density at radius 1 is 1.33 bits per heavy atom. The Hall–Kier alpha value is -0.570. The van der Waals surface area contributed by atoms with Gasteiger partial charge in [0.2, 0.25) is 6.41 Å². The van der Waals surface area contributed by atoms with Gasteiger partial charge in [-0.15, -0.1) is 0 Å². The number of nitrogens with two attached hydrogens (primary N) is 1. The van der Waals surface area contributed by atoms with Gasteiger partial charge in [0.1, 0.15) is 0 Å². The lowest BCUT2D eigenvalue weighted by Gasteiger charge is -2.30. The zero-order valence-electron chi connectivity index (χ0n) is 7.54. The maximum Gasteiger partial charge on any atom is 0.209 e. The van der Waals surface area contributed by atoms with Gasteiger partial charge in [0.15, 0.2) is 0 Å². The van der Waals surface area contributed by atoms with Crippen molar-refractivity contribution in [1.29, 1.82) is 0 Å². The second kappa shape index (κ2) is 5.14. The van der Waals surface area contributed by atoms with Crippen molar-refractivity contribution < 1.29 is 4.79 Å². The van der Waals surface area contributed by atoms with Crippen LogP contribution in [0.1, 0.15) is 32.1 Å².